The van der Waals surface area contributed by atoms with Crippen LogP contribution in [0.25, 0.3) is 0 Å². The van der Waals surface area contributed by atoms with Gasteiger partial charge in [0.15, 0.2) is 0 Å². The first-order valence-electron chi connectivity index (χ1n) is 6.01. The minimum Gasteiger partial charge on any atom is -0.306 e. The smallest absolute Gasteiger partial charge is 0.0683 e. The Kier molecular flexibility index (Phi) is 6.60. The second-order valence-corrected chi connectivity index (χ2v) is 5.37. The molecule has 0 radical (unpaired) electrons. The van der Waals surface area contributed by atoms with Crippen molar-refractivity contribution in [2.75, 3.05) is 20.1 Å². The van der Waals surface area contributed by atoms with Crippen LogP contribution in [0.5, 0.6) is 0 Å². The number of nitrogens with zero attached hydrogens (tertiary/aromatic N) is 2. The predicted octanol–water partition coefficient (Wildman–Crippen LogP) is 3.29. The van der Waals surface area contributed by atoms with E-state index in [1.165, 1.54) is 13.0 Å². The monoisotopic (exact) mass is 210 g/mol. The molecule has 0 saturated carbocycles. The summed E-state index contributed by atoms with van der Waals surface area (Å²) in [6.07, 6.45) is 3.36. The Hall–Kier alpha value is -0.550. The molecule has 0 amide bonds. The molecule has 1 unspecified atom stereocenters. The fraction of sp³-hybridized carbons (Fsp3) is 0.923. The molecule has 0 aliphatic carbocycles. The van der Waals surface area contributed by atoms with Crippen LogP contribution in [0.4, 0.5) is 0 Å². The van der Waals surface area contributed by atoms with Gasteiger partial charge in [-0.25, -0.2) is 0 Å². The van der Waals surface area contributed by atoms with E-state index in [1.54, 1.807) is 0 Å². The Labute approximate surface area is 95.3 Å². The van der Waals surface area contributed by atoms with Gasteiger partial charge in [0.1, 0.15) is 0 Å². The normalized spacial score (nSPS) is 13.9. The summed E-state index contributed by atoms with van der Waals surface area (Å²) >= 11 is 0. The van der Waals surface area contributed by atoms with Crippen LogP contribution in [0, 0.1) is 22.7 Å². The van der Waals surface area contributed by atoms with Crippen LogP contribution in [0.1, 0.15) is 47.0 Å². The first kappa shape index (κ1) is 14.5. The predicted molar refractivity (Wildman–Crippen MR) is 65.6 cm³/mol. The van der Waals surface area contributed by atoms with Gasteiger partial charge in [-0.05, 0) is 46.2 Å². The lowest BCUT2D eigenvalue weighted by Crippen LogP contribution is -2.26. The molecule has 2 heteroatoms. The van der Waals surface area contributed by atoms with Crippen molar-refractivity contribution in [1.29, 1.82) is 5.26 Å². The summed E-state index contributed by atoms with van der Waals surface area (Å²) in [5, 5.41) is 8.88. The number of rotatable bonds is 7. The minimum atomic E-state index is -0.156. The topological polar surface area (TPSA) is 27.0 Å². The largest absolute Gasteiger partial charge is 0.306 e. The lowest BCUT2D eigenvalue weighted by Gasteiger charge is -2.22. The fourth-order valence-electron chi connectivity index (χ4n) is 1.60. The van der Waals surface area contributed by atoms with Crippen LogP contribution < -0.4 is 0 Å². The molecule has 0 aromatic rings. The highest BCUT2D eigenvalue weighted by Crippen LogP contribution is 2.20. The van der Waals surface area contributed by atoms with E-state index in [0.29, 0.717) is 0 Å². The molecule has 0 aromatic heterocycles. The van der Waals surface area contributed by atoms with Gasteiger partial charge in [-0.2, -0.15) is 5.26 Å². The molecule has 88 valence electrons. The molecule has 1 atom stereocenters. The average molecular weight is 210 g/mol. The molecular formula is C13H26N2. The van der Waals surface area contributed by atoms with Gasteiger partial charge in [0.2, 0.25) is 0 Å². The Morgan fingerprint density at radius 1 is 1.40 bits per heavy atom. The van der Waals surface area contributed by atoms with Crippen LogP contribution in [0.15, 0.2) is 0 Å². The zero-order chi connectivity index (χ0) is 11.9. The molecule has 0 saturated heterocycles. The molecule has 0 aliphatic rings. The number of hydrogen-bond donors (Lipinski definition) is 0. The Morgan fingerprint density at radius 3 is 2.47 bits per heavy atom. The molecule has 0 rings (SSSR count). The second-order valence-electron chi connectivity index (χ2n) is 5.37. The van der Waals surface area contributed by atoms with Crippen molar-refractivity contribution in [3.05, 3.63) is 0 Å². The van der Waals surface area contributed by atoms with Gasteiger partial charge in [-0.15, -0.1) is 0 Å². The third-order valence-electron chi connectivity index (χ3n) is 2.96. The summed E-state index contributed by atoms with van der Waals surface area (Å²) < 4.78 is 0. The SMILES string of the molecule is CCC(C)CN(C)CCCC(C)(C)C#N. The molecule has 0 N–H and O–H groups in total. The molecule has 0 aliphatic heterocycles. The van der Waals surface area contributed by atoms with Crippen molar-refractivity contribution in [2.24, 2.45) is 11.3 Å². The molecule has 2 nitrogen and oxygen atoms in total. The molecule has 0 aromatic carbocycles. The highest BCUT2D eigenvalue weighted by molar-refractivity contribution is 4.91. The van der Waals surface area contributed by atoms with Crippen LogP contribution >= 0.6 is 0 Å². The van der Waals surface area contributed by atoms with Gasteiger partial charge in [-0.3, -0.25) is 0 Å². The maximum Gasteiger partial charge on any atom is 0.0683 e. The Morgan fingerprint density at radius 2 is 2.00 bits per heavy atom. The van der Waals surface area contributed by atoms with Gasteiger partial charge in [0.05, 0.1) is 11.5 Å². The lowest BCUT2D eigenvalue weighted by molar-refractivity contribution is 0.265. The standard InChI is InChI=1S/C13H26N2/c1-6-12(2)10-15(5)9-7-8-13(3,4)11-14/h12H,6-10H2,1-5H3. The summed E-state index contributed by atoms with van der Waals surface area (Å²) in [7, 11) is 2.17. The Bertz CT molecular complexity index is 203. The lowest BCUT2D eigenvalue weighted by atomic mass is 9.90. The number of nitriles is 1. The van der Waals surface area contributed by atoms with Crippen LogP contribution in [-0.4, -0.2) is 25.0 Å². The van der Waals surface area contributed by atoms with E-state index in [1.807, 2.05) is 13.8 Å². The van der Waals surface area contributed by atoms with Crippen molar-refractivity contribution in [1.82, 2.24) is 4.90 Å². The van der Waals surface area contributed by atoms with E-state index in [2.05, 4.69) is 31.9 Å². The maximum absolute atomic E-state index is 8.88. The average Bonchev–Trinajstić information content (AvgIpc) is 2.17. The maximum atomic E-state index is 8.88. The van der Waals surface area contributed by atoms with Gasteiger partial charge in [-0.1, -0.05) is 20.3 Å². The van der Waals surface area contributed by atoms with Crippen LogP contribution in [0.3, 0.4) is 0 Å². The van der Waals surface area contributed by atoms with E-state index in [4.69, 9.17) is 5.26 Å². The summed E-state index contributed by atoms with van der Waals surface area (Å²) in [5.41, 5.74) is -0.156. The molecule has 0 fully saturated rings. The first-order valence-corrected chi connectivity index (χ1v) is 6.01. The minimum absolute atomic E-state index is 0.156. The summed E-state index contributed by atoms with van der Waals surface area (Å²) in [6.45, 7) is 10.8. The van der Waals surface area contributed by atoms with Crippen molar-refractivity contribution in [2.45, 2.75) is 47.0 Å². The zero-order valence-corrected chi connectivity index (χ0v) is 11.0. The van der Waals surface area contributed by atoms with Crippen molar-refractivity contribution in [3.63, 3.8) is 0 Å². The van der Waals surface area contributed by atoms with E-state index in [-0.39, 0.29) is 5.41 Å². The van der Waals surface area contributed by atoms with Crippen molar-refractivity contribution >= 4 is 0 Å². The van der Waals surface area contributed by atoms with Crippen LogP contribution in [-0.2, 0) is 0 Å². The van der Waals surface area contributed by atoms with Crippen LogP contribution in [0.2, 0.25) is 0 Å². The van der Waals surface area contributed by atoms with E-state index in [0.717, 1.165) is 25.3 Å². The number of hydrogen-bond acceptors (Lipinski definition) is 2. The second kappa shape index (κ2) is 6.85. The third-order valence-corrected chi connectivity index (χ3v) is 2.96. The molecular weight excluding hydrogens is 184 g/mol. The fourth-order valence-corrected chi connectivity index (χ4v) is 1.60. The molecule has 0 spiro atoms. The van der Waals surface area contributed by atoms with Gasteiger partial charge >= 0.3 is 0 Å². The Balaban J connectivity index is 3.65. The van der Waals surface area contributed by atoms with E-state index < -0.39 is 0 Å². The first-order chi connectivity index (χ1) is 6.91. The highest BCUT2D eigenvalue weighted by atomic mass is 15.1. The third kappa shape index (κ3) is 7.39. The van der Waals surface area contributed by atoms with Crippen molar-refractivity contribution in [3.8, 4) is 6.07 Å². The molecule has 0 heterocycles. The molecule has 0 bridgehead atoms. The van der Waals surface area contributed by atoms with Gasteiger partial charge in [0.25, 0.3) is 0 Å². The quantitative estimate of drug-likeness (QED) is 0.644. The zero-order valence-electron chi connectivity index (χ0n) is 11.0. The van der Waals surface area contributed by atoms with Gasteiger partial charge in [0, 0.05) is 6.54 Å². The van der Waals surface area contributed by atoms with Gasteiger partial charge < -0.3 is 4.90 Å². The van der Waals surface area contributed by atoms with E-state index >= 15 is 0 Å². The van der Waals surface area contributed by atoms with Crippen molar-refractivity contribution < 1.29 is 0 Å². The summed E-state index contributed by atoms with van der Waals surface area (Å²) in [5.74, 6) is 0.777. The highest BCUT2D eigenvalue weighted by Gasteiger charge is 2.16. The summed E-state index contributed by atoms with van der Waals surface area (Å²) in [6, 6.07) is 2.35. The molecule has 15 heavy (non-hydrogen) atoms. The van der Waals surface area contributed by atoms with E-state index in [9.17, 15) is 0 Å². The summed E-state index contributed by atoms with van der Waals surface area (Å²) in [4.78, 5) is 2.38.